The Morgan fingerprint density at radius 3 is 2.31 bits per heavy atom. The number of hydrogen-bond donors (Lipinski definition) is 3. The van der Waals surface area contributed by atoms with E-state index in [0.717, 1.165) is 12.8 Å². The quantitative estimate of drug-likeness (QED) is 0.420. The molecule has 13 heavy (non-hydrogen) atoms. The van der Waals surface area contributed by atoms with Crippen LogP contribution in [0.5, 0.6) is 0 Å². The van der Waals surface area contributed by atoms with E-state index >= 15 is 0 Å². The molecular weight excluding hydrogens is 189 g/mol. The number of hydrogen-bond acceptors (Lipinski definition) is 2. The molecule has 0 saturated heterocycles. The van der Waals surface area contributed by atoms with Crippen LogP contribution < -0.4 is 5.32 Å². The van der Waals surface area contributed by atoms with Gasteiger partial charge in [-0.3, -0.25) is 4.57 Å². The lowest BCUT2D eigenvalue weighted by atomic mass is 10.1. The predicted octanol–water partition coefficient (Wildman–Crippen LogP) is 1.68. The topological polar surface area (TPSA) is 69.6 Å². The van der Waals surface area contributed by atoms with Crippen molar-refractivity contribution in [2.45, 2.75) is 39.0 Å². The Kier molecular flexibility index (Phi) is 7.57. The van der Waals surface area contributed by atoms with E-state index in [2.05, 4.69) is 12.2 Å². The average Bonchev–Trinajstić information content (AvgIpc) is 2.01. The molecule has 0 aliphatic heterocycles. The van der Waals surface area contributed by atoms with Gasteiger partial charge in [0.25, 0.3) is 0 Å². The molecule has 0 rings (SSSR count). The molecule has 80 valence electrons. The Morgan fingerprint density at radius 1 is 1.15 bits per heavy atom. The molecule has 0 saturated carbocycles. The van der Waals surface area contributed by atoms with E-state index in [1.807, 2.05) is 0 Å². The minimum absolute atomic E-state index is 0.194. The maximum Gasteiger partial charge on any atom is 0.339 e. The number of nitrogens with one attached hydrogen (secondary N) is 1. The third-order valence-electron chi connectivity index (χ3n) is 1.77. The van der Waals surface area contributed by atoms with Crippen LogP contribution in [0.4, 0.5) is 0 Å². The van der Waals surface area contributed by atoms with Gasteiger partial charge < -0.3 is 15.1 Å². The molecule has 0 aromatic heterocycles. The van der Waals surface area contributed by atoms with Crippen LogP contribution in [0.2, 0.25) is 0 Å². The summed E-state index contributed by atoms with van der Waals surface area (Å²) in [7, 11) is -3.84. The summed E-state index contributed by atoms with van der Waals surface area (Å²) in [6, 6.07) is 0. The van der Waals surface area contributed by atoms with E-state index in [9.17, 15) is 4.57 Å². The second-order valence-corrected chi connectivity index (χ2v) is 4.88. The van der Waals surface area contributed by atoms with Gasteiger partial charge in [0.05, 0.1) is 6.29 Å². The van der Waals surface area contributed by atoms with Crippen molar-refractivity contribution in [3.63, 3.8) is 0 Å². The highest BCUT2D eigenvalue weighted by atomic mass is 31.2. The second-order valence-electron chi connectivity index (χ2n) is 3.24. The highest BCUT2D eigenvalue weighted by Gasteiger charge is 2.10. The molecule has 0 atom stereocenters. The van der Waals surface area contributed by atoms with Crippen molar-refractivity contribution in [2.75, 3.05) is 12.8 Å². The minimum Gasteiger partial charge on any atom is -0.324 e. The molecule has 5 heteroatoms. The Labute approximate surface area is 79.9 Å². The monoisotopic (exact) mass is 209 g/mol. The third kappa shape index (κ3) is 12.1. The van der Waals surface area contributed by atoms with Gasteiger partial charge in [-0.2, -0.15) is 0 Å². The smallest absolute Gasteiger partial charge is 0.324 e. The van der Waals surface area contributed by atoms with Crippen molar-refractivity contribution in [1.29, 1.82) is 0 Å². The molecule has 0 aliphatic carbocycles. The maximum atomic E-state index is 10.4. The fourth-order valence-electron chi connectivity index (χ4n) is 1.08. The Bertz CT molecular complexity index is 157. The van der Waals surface area contributed by atoms with Gasteiger partial charge >= 0.3 is 7.60 Å². The van der Waals surface area contributed by atoms with Crippen molar-refractivity contribution in [1.82, 2.24) is 5.32 Å². The van der Waals surface area contributed by atoms with E-state index in [4.69, 9.17) is 9.79 Å². The van der Waals surface area contributed by atoms with E-state index in [1.165, 1.54) is 19.3 Å². The molecule has 0 unspecified atom stereocenters. The zero-order valence-corrected chi connectivity index (χ0v) is 9.09. The summed E-state index contributed by atoms with van der Waals surface area (Å²) < 4.78 is 10.4. The summed E-state index contributed by atoms with van der Waals surface area (Å²) in [4.78, 5) is 17.0. The molecule has 0 bridgehead atoms. The number of unbranched alkanes of at least 4 members (excludes halogenated alkanes) is 4. The van der Waals surface area contributed by atoms with Crippen molar-refractivity contribution < 1.29 is 14.4 Å². The summed E-state index contributed by atoms with van der Waals surface area (Å²) in [5.41, 5.74) is 0. The van der Waals surface area contributed by atoms with E-state index in [0.29, 0.717) is 6.54 Å². The summed E-state index contributed by atoms with van der Waals surface area (Å²) in [6.07, 6.45) is 5.63. The van der Waals surface area contributed by atoms with Crippen molar-refractivity contribution in [3.05, 3.63) is 0 Å². The fourth-order valence-corrected chi connectivity index (χ4v) is 1.53. The zero-order chi connectivity index (χ0) is 10.2. The van der Waals surface area contributed by atoms with Crippen LogP contribution in [0.1, 0.15) is 39.0 Å². The highest BCUT2D eigenvalue weighted by molar-refractivity contribution is 7.51. The first-order chi connectivity index (χ1) is 6.06. The average molecular weight is 209 g/mol. The number of rotatable bonds is 8. The van der Waals surface area contributed by atoms with Gasteiger partial charge in [0.1, 0.15) is 0 Å². The third-order valence-corrected chi connectivity index (χ3v) is 2.41. The first kappa shape index (κ1) is 13.1. The van der Waals surface area contributed by atoms with Gasteiger partial charge in [0, 0.05) is 0 Å². The van der Waals surface area contributed by atoms with Crippen LogP contribution in [-0.4, -0.2) is 22.6 Å². The van der Waals surface area contributed by atoms with E-state index < -0.39 is 7.60 Å². The second kappa shape index (κ2) is 7.51. The van der Waals surface area contributed by atoms with Crippen LogP contribution in [0.25, 0.3) is 0 Å². The molecule has 0 radical (unpaired) electrons. The van der Waals surface area contributed by atoms with Crippen LogP contribution >= 0.6 is 7.60 Å². The molecule has 3 N–H and O–H groups in total. The van der Waals surface area contributed by atoms with E-state index in [-0.39, 0.29) is 6.29 Å². The molecule has 0 aliphatic rings. The normalized spacial score (nSPS) is 11.9. The molecule has 4 nitrogen and oxygen atoms in total. The van der Waals surface area contributed by atoms with Gasteiger partial charge in [-0.05, 0) is 13.0 Å². The first-order valence-electron chi connectivity index (χ1n) is 4.81. The minimum atomic E-state index is -3.84. The van der Waals surface area contributed by atoms with Gasteiger partial charge in [-0.15, -0.1) is 0 Å². The van der Waals surface area contributed by atoms with Crippen molar-refractivity contribution in [2.24, 2.45) is 0 Å². The van der Waals surface area contributed by atoms with Crippen LogP contribution in [0.3, 0.4) is 0 Å². The van der Waals surface area contributed by atoms with Gasteiger partial charge in [0.15, 0.2) is 0 Å². The summed E-state index contributed by atoms with van der Waals surface area (Å²) in [5.74, 6) is 0. The standard InChI is InChI=1S/C8H20NO3P/c1-2-3-4-5-6-7-9-8-13(10,11)12/h9H,2-8H2,1H3,(H2,10,11,12). The maximum absolute atomic E-state index is 10.4. The molecule has 0 aromatic rings. The predicted molar refractivity (Wildman–Crippen MR) is 53.7 cm³/mol. The first-order valence-corrected chi connectivity index (χ1v) is 6.61. The van der Waals surface area contributed by atoms with Gasteiger partial charge in [-0.1, -0.05) is 32.6 Å². The molecule has 0 fully saturated rings. The fraction of sp³-hybridized carbons (Fsp3) is 1.00. The van der Waals surface area contributed by atoms with Crippen LogP contribution in [0.15, 0.2) is 0 Å². The van der Waals surface area contributed by atoms with Gasteiger partial charge in [-0.25, -0.2) is 0 Å². The lowest BCUT2D eigenvalue weighted by Crippen LogP contribution is -2.16. The van der Waals surface area contributed by atoms with Crippen molar-refractivity contribution in [3.8, 4) is 0 Å². The Hall–Kier alpha value is 0.110. The lowest BCUT2D eigenvalue weighted by molar-refractivity contribution is 0.367. The molecule has 0 amide bonds. The Morgan fingerprint density at radius 2 is 1.77 bits per heavy atom. The molecular formula is C8H20NO3P. The zero-order valence-electron chi connectivity index (χ0n) is 8.20. The largest absolute Gasteiger partial charge is 0.339 e. The summed E-state index contributed by atoms with van der Waals surface area (Å²) >= 11 is 0. The van der Waals surface area contributed by atoms with Gasteiger partial charge in [0.2, 0.25) is 0 Å². The highest BCUT2D eigenvalue weighted by Crippen LogP contribution is 2.31. The Balaban J connectivity index is 3.04. The van der Waals surface area contributed by atoms with E-state index in [1.54, 1.807) is 0 Å². The molecule has 0 aromatic carbocycles. The molecule has 0 heterocycles. The van der Waals surface area contributed by atoms with Crippen molar-refractivity contribution >= 4 is 7.60 Å². The van der Waals surface area contributed by atoms with Crippen LogP contribution in [0, 0.1) is 0 Å². The summed E-state index contributed by atoms with van der Waals surface area (Å²) in [5, 5.41) is 2.74. The molecule has 0 spiro atoms. The lowest BCUT2D eigenvalue weighted by Gasteiger charge is -2.05. The van der Waals surface area contributed by atoms with Crippen LogP contribution in [-0.2, 0) is 4.57 Å². The summed E-state index contributed by atoms with van der Waals surface area (Å²) in [6.45, 7) is 2.86. The SMILES string of the molecule is CCCCCCCNCP(=O)(O)O.